The summed E-state index contributed by atoms with van der Waals surface area (Å²) < 4.78 is 9.65. The van der Waals surface area contributed by atoms with Crippen LogP contribution in [0.25, 0.3) is 0 Å². The van der Waals surface area contributed by atoms with Gasteiger partial charge in [0.1, 0.15) is 6.23 Å². The third-order valence-corrected chi connectivity index (χ3v) is 0.668. The Morgan fingerprint density at radius 2 is 2.12 bits per heavy atom. The molecule has 0 aromatic heterocycles. The van der Waals surface area contributed by atoms with E-state index in [9.17, 15) is 0 Å². The minimum absolute atomic E-state index is 0.176. The molecule has 0 radical (unpaired) electrons. The molecule has 3 nitrogen and oxygen atoms in total. The van der Waals surface area contributed by atoms with Crippen LogP contribution in [0.15, 0.2) is 0 Å². The second-order valence-electron chi connectivity index (χ2n) is 1.57. The van der Waals surface area contributed by atoms with Gasteiger partial charge in [0.25, 0.3) is 0 Å². The van der Waals surface area contributed by atoms with Crippen LogP contribution in [-0.4, -0.2) is 26.6 Å². The summed E-state index contributed by atoms with van der Waals surface area (Å²) >= 11 is 0. The van der Waals surface area contributed by atoms with Crippen molar-refractivity contribution < 1.29 is 9.47 Å². The lowest BCUT2D eigenvalue weighted by Gasteiger charge is -2.04. The zero-order valence-electron chi connectivity index (χ0n) is 5.39. The second-order valence-corrected chi connectivity index (χ2v) is 1.57. The lowest BCUT2D eigenvalue weighted by molar-refractivity contribution is 0.0295. The van der Waals surface area contributed by atoms with Gasteiger partial charge in [0, 0.05) is 7.11 Å². The van der Waals surface area contributed by atoms with Gasteiger partial charge >= 0.3 is 0 Å². The highest BCUT2D eigenvalue weighted by molar-refractivity contribution is 4.32. The van der Waals surface area contributed by atoms with Gasteiger partial charge < -0.3 is 15.2 Å². The smallest absolute Gasteiger partial charge is 0.102 e. The molecule has 0 aliphatic carbocycles. The molecule has 0 fully saturated rings. The zero-order valence-corrected chi connectivity index (χ0v) is 5.39. The molecule has 0 amide bonds. The van der Waals surface area contributed by atoms with Crippen molar-refractivity contribution >= 4 is 0 Å². The molecule has 0 rings (SSSR count). The van der Waals surface area contributed by atoms with Gasteiger partial charge in [-0.3, -0.25) is 0 Å². The molecule has 1 atom stereocenters. The van der Waals surface area contributed by atoms with E-state index in [1.165, 1.54) is 0 Å². The minimum atomic E-state index is -0.176. The molecule has 0 aromatic carbocycles. The summed E-state index contributed by atoms with van der Waals surface area (Å²) in [6, 6.07) is 0. The maximum absolute atomic E-state index is 5.26. The summed E-state index contributed by atoms with van der Waals surface area (Å²) in [5, 5.41) is 0. The lowest BCUT2D eigenvalue weighted by Crippen LogP contribution is -2.21. The number of hydrogen-bond acceptors (Lipinski definition) is 3. The van der Waals surface area contributed by atoms with Crippen LogP contribution in [0.5, 0.6) is 0 Å². The van der Waals surface area contributed by atoms with E-state index in [1.807, 2.05) is 0 Å². The number of hydrogen-bond donors (Lipinski definition) is 1. The van der Waals surface area contributed by atoms with E-state index >= 15 is 0 Å². The standard InChI is InChI=1S/C5H13NO2/c1-5(6)8-4-3-7-2/h5H,3-4,6H2,1-2H3. The molecule has 0 bridgehead atoms. The summed E-state index contributed by atoms with van der Waals surface area (Å²) in [7, 11) is 1.63. The second kappa shape index (κ2) is 5.03. The fourth-order valence-corrected chi connectivity index (χ4v) is 0.317. The topological polar surface area (TPSA) is 44.5 Å². The zero-order chi connectivity index (χ0) is 6.41. The van der Waals surface area contributed by atoms with Crippen molar-refractivity contribution in [2.45, 2.75) is 13.2 Å². The van der Waals surface area contributed by atoms with Crippen molar-refractivity contribution in [2.24, 2.45) is 5.73 Å². The van der Waals surface area contributed by atoms with Crippen LogP contribution in [0.3, 0.4) is 0 Å². The van der Waals surface area contributed by atoms with Crippen molar-refractivity contribution in [3.05, 3.63) is 0 Å². The molecule has 0 aliphatic heterocycles. The molecular formula is C5H13NO2. The van der Waals surface area contributed by atoms with Gasteiger partial charge in [-0.1, -0.05) is 0 Å². The van der Waals surface area contributed by atoms with Crippen molar-refractivity contribution in [1.29, 1.82) is 0 Å². The average Bonchev–Trinajstić information content (AvgIpc) is 1.66. The third-order valence-electron chi connectivity index (χ3n) is 0.668. The first-order valence-corrected chi connectivity index (χ1v) is 2.63. The van der Waals surface area contributed by atoms with Gasteiger partial charge in [0.2, 0.25) is 0 Å². The Kier molecular flexibility index (Phi) is 4.95. The Balaban J connectivity index is 2.72. The maximum atomic E-state index is 5.26. The molecule has 1 unspecified atom stereocenters. The maximum Gasteiger partial charge on any atom is 0.102 e. The first-order valence-electron chi connectivity index (χ1n) is 2.63. The number of methoxy groups -OCH3 is 1. The van der Waals surface area contributed by atoms with Crippen LogP contribution < -0.4 is 5.73 Å². The van der Waals surface area contributed by atoms with Crippen molar-refractivity contribution in [3.63, 3.8) is 0 Å². The molecule has 0 aromatic rings. The van der Waals surface area contributed by atoms with E-state index in [0.29, 0.717) is 13.2 Å². The molecule has 3 heteroatoms. The molecule has 0 saturated carbocycles. The average molecular weight is 119 g/mol. The van der Waals surface area contributed by atoms with E-state index in [0.717, 1.165) is 0 Å². The van der Waals surface area contributed by atoms with Gasteiger partial charge in [0.15, 0.2) is 0 Å². The fourth-order valence-electron chi connectivity index (χ4n) is 0.317. The highest BCUT2D eigenvalue weighted by atomic mass is 16.5. The van der Waals surface area contributed by atoms with Crippen molar-refractivity contribution in [3.8, 4) is 0 Å². The van der Waals surface area contributed by atoms with E-state index in [-0.39, 0.29) is 6.23 Å². The van der Waals surface area contributed by atoms with E-state index in [2.05, 4.69) is 0 Å². The molecule has 0 spiro atoms. The third kappa shape index (κ3) is 5.88. The normalized spacial score (nSPS) is 13.9. The van der Waals surface area contributed by atoms with Gasteiger partial charge in [-0.2, -0.15) is 0 Å². The van der Waals surface area contributed by atoms with Crippen LogP contribution in [0, 0.1) is 0 Å². The van der Waals surface area contributed by atoms with Crippen LogP contribution in [-0.2, 0) is 9.47 Å². The Hall–Kier alpha value is -0.120. The van der Waals surface area contributed by atoms with Gasteiger partial charge in [-0.25, -0.2) is 0 Å². The fraction of sp³-hybridized carbons (Fsp3) is 1.00. The van der Waals surface area contributed by atoms with Crippen LogP contribution in [0.2, 0.25) is 0 Å². The summed E-state index contributed by atoms with van der Waals surface area (Å²) in [4.78, 5) is 0. The first kappa shape index (κ1) is 7.88. The predicted molar refractivity (Wildman–Crippen MR) is 31.5 cm³/mol. The van der Waals surface area contributed by atoms with E-state index in [4.69, 9.17) is 15.2 Å². The van der Waals surface area contributed by atoms with Crippen LogP contribution in [0.1, 0.15) is 6.92 Å². The first-order chi connectivity index (χ1) is 3.77. The quantitative estimate of drug-likeness (QED) is 0.417. The Bertz CT molecular complexity index is 47.7. The van der Waals surface area contributed by atoms with Gasteiger partial charge in [-0.15, -0.1) is 0 Å². The SMILES string of the molecule is COCCOC(C)N. The highest BCUT2D eigenvalue weighted by Crippen LogP contribution is 1.78. The predicted octanol–water partition coefficient (Wildman–Crippen LogP) is -0.0459. The summed E-state index contributed by atoms with van der Waals surface area (Å²) in [6.45, 7) is 2.98. The van der Waals surface area contributed by atoms with Gasteiger partial charge in [-0.05, 0) is 6.92 Å². The summed E-state index contributed by atoms with van der Waals surface area (Å²) in [5.41, 5.74) is 5.26. The number of ether oxygens (including phenoxy) is 2. The molecule has 0 heterocycles. The van der Waals surface area contributed by atoms with Crippen LogP contribution >= 0.6 is 0 Å². The number of nitrogens with two attached hydrogens (primary N) is 1. The molecule has 2 N–H and O–H groups in total. The van der Waals surface area contributed by atoms with Gasteiger partial charge in [0.05, 0.1) is 13.2 Å². The largest absolute Gasteiger partial charge is 0.382 e. The minimum Gasteiger partial charge on any atom is -0.382 e. The van der Waals surface area contributed by atoms with Crippen molar-refractivity contribution in [2.75, 3.05) is 20.3 Å². The number of rotatable bonds is 4. The van der Waals surface area contributed by atoms with E-state index < -0.39 is 0 Å². The summed E-state index contributed by atoms with van der Waals surface area (Å²) in [5.74, 6) is 0. The monoisotopic (exact) mass is 119 g/mol. The Labute approximate surface area is 49.8 Å². The highest BCUT2D eigenvalue weighted by Gasteiger charge is 1.89. The van der Waals surface area contributed by atoms with E-state index in [1.54, 1.807) is 14.0 Å². The molecule has 0 saturated heterocycles. The molecule has 0 aliphatic rings. The van der Waals surface area contributed by atoms with Crippen molar-refractivity contribution in [1.82, 2.24) is 0 Å². The molecular weight excluding hydrogens is 106 g/mol. The Morgan fingerprint density at radius 1 is 1.50 bits per heavy atom. The molecule has 8 heavy (non-hydrogen) atoms. The molecule has 50 valence electrons. The van der Waals surface area contributed by atoms with Crippen LogP contribution in [0.4, 0.5) is 0 Å². The lowest BCUT2D eigenvalue weighted by atomic mass is 10.7. The summed E-state index contributed by atoms with van der Waals surface area (Å²) in [6.07, 6.45) is -0.176. The Morgan fingerprint density at radius 3 is 2.50 bits per heavy atom.